The number of thioether (sulfide) groups is 1. The molecule has 3 nitrogen and oxygen atoms in total. The van der Waals surface area contributed by atoms with E-state index < -0.39 is 0 Å². The van der Waals surface area contributed by atoms with Crippen LogP contribution in [0.2, 0.25) is 0 Å². The van der Waals surface area contributed by atoms with Crippen molar-refractivity contribution < 1.29 is 9.53 Å². The lowest BCUT2D eigenvalue weighted by Crippen LogP contribution is -2.30. The molecule has 0 saturated heterocycles. The van der Waals surface area contributed by atoms with Crippen LogP contribution in [0.5, 0.6) is 5.75 Å². The second-order valence-corrected chi connectivity index (χ2v) is 6.30. The number of nitrogens with one attached hydrogen (secondary N) is 1. The molecule has 1 N–H and O–H groups in total. The van der Waals surface area contributed by atoms with Gasteiger partial charge in [0.15, 0.2) is 0 Å². The summed E-state index contributed by atoms with van der Waals surface area (Å²) in [7, 11) is 1.64. The number of para-hydroxylation sites is 1. The summed E-state index contributed by atoms with van der Waals surface area (Å²) in [4.78, 5) is 12.2. The molecule has 0 aliphatic rings. The highest BCUT2D eigenvalue weighted by atomic mass is 32.2. The van der Waals surface area contributed by atoms with Gasteiger partial charge in [-0.3, -0.25) is 4.79 Å². The van der Waals surface area contributed by atoms with Crippen molar-refractivity contribution in [2.45, 2.75) is 24.5 Å². The molecule has 1 unspecified atom stereocenters. The fraction of sp³-hybridized carbons (Fsp3) is 0.278. The molecule has 2 rings (SSSR count). The predicted octanol–water partition coefficient (Wildman–Crippen LogP) is 3.63. The van der Waals surface area contributed by atoms with Gasteiger partial charge in [-0.2, -0.15) is 0 Å². The van der Waals surface area contributed by atoms with Crippen LogP contribution < -0.4 is 10.1 Å². The molecule has 2 aromatic carbocycles. The number of ether oxygens (including phenoxy) is 1. The molecule has 1 amide bonds. The standard InChI is InChI=1S/C18H21NO2S/c1-14(22-13-15-8-4-3-5-9-15)18(20)19-12-16-10-6-7-11-17(16)21-2/h3-11,14H,12-13H2,1-2H3,(H,19,20). The summed E-state index contributed by atoms with van der Waals surface area (Å²) in [6.07, 6.45) is 0. The maximum atomic E-state index is 12.2. The minimum atomic E-state index is -0.0880. The lowest BCUT2D eigenvalue weighted by molar-refractivity contribution is -0.120. The highest BCUT2D eigenvalue weighted by Gasteiger charge is 2.13. The number of benzene rings is 2. The smallest absolute Gasteiger partial charge is 0.233 e. The molecular weight excluding hydrogens is 294 g/mol. The van der Waals surface area contributed by atoms with E-state index in [2.05, 4.69) is 17.4 Å². The van der Waals surface area contributed by atoms with Crippen LogP contribution in [0.1, 0.15) is 18.1 Å². The maximum Gasteiger partial charge on any atom is 0.233 e. The first-order valence-corrected chi connectivity index (χ1v) is 8.30. The number of hydrogen-bond donors (Lipinski definition) is 1. The Bertz CT molecular complexity index is 601. The van der Waals surface area contributed by atoms with Crippen LogP contribution in [0, 0.1) is 0 Å². The van der Waals surface area contributed by atoms with Crippen molar-refractivity contribution in [1.82, 2.24) is 5.32 Å². The fourth-order valence-corrected chi connectivity index (χ4v) is 2.92. The monoisotopic (exact) mass is 315 g/mol. The quantitative estimate of drug-likeness (QED) is 0.848. The molecule has 22 heavy (non-hydrogen) atoms. The van der Waals surface area contributed by atoms with Crippen molar-refractivity contribution in [3.05, 3.63) is 65.7 Å². The van der Waals surface area contributed by atoms with Gasteiger partial charge in [-0.05, 0) is 18.6 Å². The third-order valence-electron chi connectivity index (χ3n) is 3.36. The van der Waals surface area contributed by atoms with Crippen LogP contribution in [-0.2, 0) is 17.1 Å². The fourth-order valence-electron chi connectivity index (χ4n) is 2.05. The average Bonchev–Trinajstić information content (AvgIpc) is 2.58. The lowest BCUT2D eigenvalue weighted by Gasteiger charge is -2.13. The van der Waals surface area contributed by atoms with Crippen LogP contribution in [0.25, 0.3) is 0 Å². The van der Waals surface area contributed by atoms with Crippen molar-refractivity contribution in [3.8, 4) is 5.75 Å². The number of hydrogen-bond acceptors (Lipinski definition) is 3. The Kier molecular flexibility index (Phi) is 6.34. The molecule has 0 radical (unpaired) electrons. The first kappa shape index (κ1) is 16.4. The van der Waals surface area contributed by atoms with Crippen LogP contribution >= 0.6 is 11.8 Å². The van der Waals surface area contributed by atoms with Gasteiger partial charge in [0.2, 0.25) is 5.91 Å². The number of methoxy groups -OCH3 is 1. The number of carbonyl (C=O) groups is 1. The highest BCUT2D eigenvalue weighted by molar-refractivity contribution is 7.99. The summed E-state index contributed by atoms with van der Waals surface area (Å²) >= 11 is 1.64. The molecule has 0 heterocycles. The van der Waals surface area contributed by atoms with Gasteiger partial charge < -0.3 is 10.1 Å². The Balaban J connectivity index is 1.81. The van der Waals surface area contributed by atoms with Gasteiger partial charge in [0.05, 0.1) is 12.4 Å². The summed E-state index contributed by atoms with van der Waals surface area (Å²) in [6, 6.07) is 17.9. The third kappa shape index (κ3) is 4.81. The summed E-state index contributed by atoms with van der Waals surface area (Å²) in [5.74, 6) is 1.68. The van der Waals surface area contributed by atoms with Gasteiger partial charge in [0.25, 0.3) is 0 Å². The van der Waals surface area contributed by atoms with Crippen molar-refractivity contribution in [2.75, 3.05) is 7.11 Å². The largest absolute Gasteiger partial charge is 0.496 e. The number of amides is 1. The molecule has 116 valence electrons. The minimum Gasteiger partial charge on any atom is -0.496 e. The zero-order valence-electron chi connectivity index (χ0n) is 12.9. The van der Waals surface area contributed by atoms with Gasteiger partial charge >= 0.3 is 0 Å². The minimum absolute atomic E-state index is 0.0480. The first-order valence-electron chi connectivity index (χ1n) is 7.26. The molecule has 4 heteroatoms. The molecule has 0 aromatic heterocycles. The summed E-state index contributed by atoms with van der Waals surface area (Å²) in [6.45, 7) is 2.42. The van der Waals surface area contributed by atoms with E-state index in [-0.39, 0.29) is 11.2 Å². The van der Waals surface area contributed by atoms with Gasteiger partial charge in [-0.25, -0.2) is 0 Å². The molecule has 0 bridgehead atoms. The molecule has 0 spiro atoms. The number of rotatable bonds is 7. The SMILES string of the molecule is COc1ccccc1CNC(=O)C(C)SCc1ccccc1. The Morgan fingerprint density at radius 1 is 1.14 bits per heavy atom. The van der Waals surface area contributed by atoms with Crippen LogP contribution in [0.15, 0.2) is 54.6 Å². The van der Waals surface area contributed by atoms with E-state index in [4.69, 9.17) is 4.74 Å². The molecule has 0 aliphatic heterocycles. The maximum absolute atomic E-state index is 12.2. The van der Waals surface area contributed by atoms with E-state index in [0.717, 1.165) is 17.1 Å². The van der Waals surface area contributed by atoms with E-state index in [1.54, 1.807) is 18.9 Å². The Labute approximate surface area is 136 Å². The van der Waals surface area contributed by atoms with E-state index in [1.807, 2.05) is 49.4 Å². The molecule has 0 fully saturated rings. The summed E-state index contributed by atoms with van der Waals surface area (Å²) < 4.78 is 5.29. The van der Waals surface area contributed by atoms with Crippen molar-refractivity contribution >= 4 is 17.7 Å². The zero-order chi connectivity index (χ0) is 15.8. The molecular formula is C18H21NO2S. The van der Waals surface area contributed by atoms with Gasteiger partial charge in [0, 0.05) is 17.9 Å². The Hall–Kier alpha value is -1.94. The normalized spacial score (nSPS) is 11.7. The topological polar surface area (TPSA) is 38.3 Å². The van der Waals surface area contributed by atoms with Crippen molar-refractivity contribution in [2.24, 2.45) is 0 Å². The average molecular weight is 315 g/mol. The van der Waals surface area contributed by atoms with Crippen LogP contribution in [0.4, 0.5) is 0 Å². The van der Waals surface area contributed by atoms with E-state index in [9.17, 15) is 4.79 Å². The molecule has 2 aromatic rings. The van der Waals surface area contributed by atoms with E-state index in [0.29, 0.717) is 6.54 Å². The van der Waals surface area contributed by atoms with Crippen LogP contribution in [0.3, 0.4) is 0 Å². The Morgan fingerprint density at radius 3 is 2.55 bits per heavy atom. The molecule has 1 atom stereocenters. The third-order valence-corrected chi connectivity index (χ3v) is 4.57. The van der Waals surface area contributed by atoms with Crippen molar-refractivity contribution in [1.29, 1.82) is 0 Å². The number of carbonyl (C=O) groups excluding carboxylic acids is 1. The summed E-state index contributed by atoms with van der Waals surface area (Å²) in [5, 5.41) is 2.88. The van der Waals surface area contributed by atoms with E-state index >= 15 is 0 Å². The van der Waals surface area contributed by atoms with Crippen molar-refractivity contribution in [3.63, 3.8) is 0 Å². The second kappa shape index (κ2) is 8.49. The highest BCUT2D eigenvalue weighted by Crippen LogP contribution is 2.19. The molecule has 0 saturated carbocycles. The van der Waals surface area contributed by atoms with Gasteiger partial charge in [0.1, 0.15) is 5.75 Å². The van der Waals surface area contributed by atoms with E-state index in [1.165, 1.54) is 5.56 Å². The Morgan fingerprint density at radius 2 is 1.82 bits per heavy atom. The molecule has 0 aliphatic carbocycles. The van der Waals surface area contributed by atoms with Crippen LogP contribution in [-0.4, -0.2) is 18.3 Å². The second-order valence-electron chi connectivity index (χ2n) is 4.97. The summed E-state index contributed by atoms with van der Waals surface area (Å²) in [5.41, 5.74) is 2.22. The van der Waals surface area contributed by atoms with Gasteiger partial charge in [-0.15, -0.1) is 11.8 Å². The lowest BCUT2D eigenvalue weighted by atomic mass is 10.2. The zero-order valence-corrected chi connectivity index (χ0v) is 13.7. The van der Waals surface area contributed by atoms with Gasteiger partial charge in [-0.1, -0.05) is 48.5 Å². The predicted molar refractivity (Wildman–Crippen MR) is 92.0 cm³/mol. The first-order chi connectivity index (χ1) is 10.7.